The zero-order valence-corrected chi connectivity index (χ0v) is 16.4. The normalized spacial score (nSPS) is 17.6. The Hall–Kier alpha value is -1.54. The summed E-state index contributed by atoms with van der Waals surface area (Å²) < 4.78 is 14.8. The van der Waals surface area contributed by atoms with Crippen LogP contribution in [0.3, 0.4) is 0 Å². The third-order valence-corrected chi connectivity index (χ3v) is 5.70. The summed E-state index contributed by atoms with van der Waals surface area (Å²) in [5, 5.41) is 12.6. The average molecular weight is 427 g/mol. The zero-order valence-electron chi connectivity index (χ0n) is 14.0. The van der Waals surface area contributed by atoms with Gasteiger partial charge in [-0.2, -0.15) is 0 Å². The summed E-state index contributed by atoms with van der Waals surface area (Å²) in [6.45, 7) is 4.22. The van der Waals surface area contributed by atoms with Crippen molar-refractivity contribution in [3.63, 3.8) is 0 Å². The fourth-order valence-corrected chi connectivity index (χ4v) is 4.13. The fraction of sp³-hybridized carbons (Fsp3) is 0.471. The molecule has 134 valence electrons. The number of hydrogen-bond acceptors (Lipinski definition) is 5. The van der Waals surface area contributed by atoms with Crippen LogP contribution in [-0.2, 0) is 4.79 Å². The van der Waals surface area contributed by atoms with E-state index in [1.54, 1.807) is 12.1 Å². The van der Waals surface area contributed by atoms with E-state index in [1.807, 2.05) is 6.92 Å². The fourth-order valence-electron chi connectivity index (χ4n) is 2.87. The number of aromatic nitrogens is 2. The summed E-state index contributed by atoms with van der Waals surface area (Å²) in [5.74, 6) is -0.244. The van der Waals surface area contributed by atoms with Gasteiger partial charge < -0.3 is 10.2 Å². The lowest BCUT2D eigenvalue weighted by Gasteiger charge is -2.31. The molecule has 1 aliphatic heterocycles. The second-order valence-electron chi connectivity index (χ2n) is 6.09. The topological polar surface area (TPSA) is 58.1 Å². The van der Waals surface area contributed by atoms with E-state index < -0.39 is 0 Å². The number of halogens is 2. The Bertz CT molecular complexity index is 754. The minimum atomic E-state index is -0.318. The van der Waals surface area contributed by atoms with Gasteiger partial charge in [-0.05, 0) is 37.5 Å². The predicted octanol–water partition coefficient (Wildman–Crippen LogP) is 3.85. The van der Waals surface area contributed by atoms with Gasteiger partial charge in [-0.3, -0.25) is 4.79 Å². The van der Waals surface area contributed by atoms with Gasteiger partial charge in [0, 0.05) is 29.7 Å². The Kier molecular flexibility index (Phi) is 6.01. The summed E-state index contributed by atoms with van der Waals surface area (Å²) in [6, 6.07) is 4.78. The first kappa shape index (κ1) is 18.3. The molecular weight excluding hydrogens is 407 g/mol. The average Bonchev–Trinajstić information content (AvgIpc) is 3.11. The first-order valence-electron chi connectivity index (χ1n) is 8.40. The van der Waals surface area contributed by atoms with Gasteiger partial charge in [-0.25, -0.2) is 4.39 Å². The maximum Gasteiger partial charge on any atom is 0.224 e. The number of nitrogens with zero attached hydrogens (tertiary/aromatic N) is 3. The Morgan fingerprint density at radius 3 is 3.12 bits per heavy atom. The maximum absolute atomic E-state index is 14.0. The number of rotatable bonds is 5. The van der Waals surface area contributed by atoms with E-state index in [2.05, 4.69) is 36.3 Å². The van der Waals surface area contributed by atoms with E-state index >= 15 is 0 Å². The van der Waals surface area contributed by atoms with Crippen molar-refractivity contribution in [2.24, 2.45) is 5.92 Å². The van der Waals surface area contributed by atoms with E-state index in [9.17, 15) is 9.18 Å². The third-order valence-electron chi connectivity index (χ3n) is 4.19. The molecule has 2 heterocycles. The zero-order chi connectivity index (χ0) is 17.8. The van der Waals surface area contributed by atoms with Crippen molar-refractivity contribution in [1.82, 2.24) is 15.5 Å². The number of hydrogen-bond donors (Lipinski definition) is 1. The van der Waals surface area contributed by atoms with E-state index in [0.717, 1.165) is 35.4 Å². The number of piperidine rings is 1. The molecule has 0 radical (unpaired) electrons. The Morgan fingerprint density at radius 1 is 1.48 bits per heavy atom. The van der Waals surface area contributed by atoms with Crippen LogP contribution in [0.2, 0.25) is 0 Å². The molecule has 3 rings (SSSR count). The summed E-state index contributed by atoms with van der Waals surface area (Å²) in [6.07, 6.45) is 2.75. The van der Waals surface area contributed by atoms with Crippen molar-refractivity contribution < 1.29 is 9.18 Å². The predicted molar refractivity (Wildman–Crippen MR) is 101 cm³/mol. The first-order chi connectivity index (χ1) is 12.1. The van der Waals surface area contributed by atoms with Crippen LogP contribution in [0, 0.1) is 11.7 Å². The molecule has 5 nitrogen and oxygen atoms in total. The smallest absolute Gasteiger partial charge is 0.224 e. The van der Waals surface area contributed by atoms with Crippen LogP contribution >= 0.6 is 27.3 Å². The SMILES string of the molecule is CCCNC(=O)C1CCCN(c2nnc(-c3cc(Br)ccc3F)s2)C1. The number of carbonyl (C=O) groups excluding carboxylic acids is 1. The minimum absolute atomic E-state index is 0.0322. The number of amides is 1. The molecule has 1 unspecified atom stereocenters. The van der Waals surface area contributed by atoms with Crippen molar-refractivity contribution >= 4 is 38.3 Å². The molecule has 8 heteroatoms. The highest BCUT2D eigenvalue weighted by atomic mass is 79.9. The van der Waals surface area contributed by atoms with E-state index in [1.165, 1.54) is 17.4 Å². The largest absolute Gasteiger partial charge is 0.356 e. The minimum Gasteiger partial charge on any atom is -0.356 e. The number of anilines is 1. The van der Waals surface area contributed by atoms with E-state index in [0.29, 0.717) is 23.7 Å². The molecule has 0 bridgehead atoms. The van der Waals surface area contributed by atoms with Gasteiger partial charge in [0.1, 0.15) is 5.82 Å². The van der Waals surface area contributed by atoms with Crippen LogP contribution in [0.5, 0.6) is 0 Å². The van der Waals surface area contributed by atoms with Crippen LogP contribution < -0.4 is 10.2 Å². The molecule has 0 spiro atoms. The molecule has 2 aromatic rings. The molecule has 1 aromatic heterocycles. The number of carbonyl (C=O) groups is 1. The molecule has 1 aliphatic rings. The summed E-state index contributed by atoms with van der Waals surface area (Å²) in [7, 11) is 0. The van der Waals surface area contributed by atoms with Crippen molar-refractivity contribution in [1.29, 1.82) is 0 Å². The van der Waals surface area contributed by atoms with Crippen LogP contribution in [0.4, 0.5) is 9.52 Å². The highest BCUT2D eigenvalue weighted by molar-refractivity contribution is 9.10. The quantitative estimate of drug-likeness (QED) is 0.788. The maximum atomic E-state index is 14.0. The monoisotopic (exact) mass is 426 g/mol. The molecule has 1 saturated heterocycles. The van der Waals surface area contributed by atoms with Gasteiger partial charge in [-0.1, -0.05) is 34.2 Å². The van der Waals surface area contributed by atoms with Crippen molar-refractivity contribution in [2.45, 2.75) is 26.2 Å². The van der Waals surface area contributed by atoms with Crippen LogP contribution in [0.1, 0.15) is 26.2 Å². The lowest BCUT2D eigenvalue weighted by atomic mass is 9.97. The van der Waals surface area contributed by atoms with Crippen molar-refractivity contribution in [3.05, 3.63) is 28.5 Å². The molecule has 25 heavy (non-hydrogen) atoms. The summed E-state index contributed by atoms with van der Waals surface area (Å²) >= 11 is 4.71. The van der Waals surface area contributed by atoms with E-state index in [4.69, 9.17) is 0 Å². The molecular formula is C17H20BrFN4OS. The van der Waals surface area contributed by atoms with Crippen LogP contribution in [0.25, 0.3) is 10.6 Å². The van der Waals surface area contributed by atoms with Crippen molar-refractivity contribution in [2.75, 3.05) is 24.5 Å². The van der Waals surface area contributed by atoms with Gasteiger partial charge in [0.25, 0.3) is 0 Å². The molecule has 1 aromatic carbocycles. The number of nitrogens with one attached hydrogen (secondary N) is 1. The highest BCUT2D eigenvalue weighted by Crippen LogP contribution is 2.33. The number of benzene rings is 1. The molecule has 1 fully saturated rings. The van der Waals surface area contributed by atoms with Crippen molar-refractivity contribution in [3.8, 4) is 10.6 Å². The highest BCUT2D eigenvalue weighted by Gasteiger charge is 2.27. The Labute approximate surface area is 158 Å². The lowest BCUT2D eigenvalue weighted by molar-refractivity contribution is -0.125. The van der Waals surface area contributed by atoms with Gasteiger partial charge in [0.05, 0.1) is 5.92 Å². The molecule has 0 aliphatic carbocycles. The summed E-state index contributed by atoms with van der Waals surface area (Å²) in [4.78, 5) is 14.3. The second kappa shape index (κ2) is 8.23. The van der Waals surface area contributed by atoms with Gasteiger partial charge >= 0.3 is 0 Å². The first-order valence-corrected chi connectivity index (χ1v) is 10.0. The summed E-state index contributed by atoms with van der Waals surface area (Å²) in [5.41, 5.74) is 0.437. The van der Waals surface area contributed by atoms with Crippen LogP contribution in [0.15, 0.2) is 22.7 Å². The van der Waals surface area contributed by atoms with Gasteiger partial charge in [0.15, 0.2) is 5.01 Å². The Morgan fingerprint density at radius 2 is 2.32 bits per heavy atom. The van der Waals surface area contributed by atoms with Gasteiger partial charge in [0.2, 0.25) is 11.0 Å². The van der Waals surface area contributed by atoms with Gasteiger partial charge in [-0.15, -0.1) is 10.2 Å². The Balaban J connectivity index is 1.73. The molecule has 1 N–H and O–H groups in total. The van der Waals surface area contributed by atoms with E-state index in [-0.39, 0.29) is 17.6 Å². The standard InChI is InChI=1S/C17H20BrFN4OS/c1-2-7-20-15(24)11-4-3-8-23(10-11)17-22-21-16(25-17)13-9-12(18)5-6-14(13)19/h5-6,9,11H,2-4,7-8,10H2,1H3,(H,20,24). The molecule has 1 atom stereocenters. The lowest BCUT2D eigenvalue weighted by Crippen LogP contribution is -2.43. The second-order valence-corrected chi connectivity index (χ2v) is 7.96. The third kappa shape index (κ3) is 4.36. The molecule has 1 amide bonds. The van der Waals surface area contributed by atoms with Crippen LogP contribution in [-0.4, -0.2) is 35.7 Å². The molecule has 0 saturated carbocycles.